The fourth-order valence-corrected chi connectivity index (χ4v) is 2.09. The SMILES string of the molecule is c1ccc2c(c1)CCCCCCCCOOOOO2. The number of para-hydroxylation sites is 1. The second kappa shape index (κ2) is 8.87. The molecule has 0 aliphatic carbocycles. The molecule has 106 valence electrons. The number of rotatable bonds is 0. The van der Waals surface area contributed by atoms with Gasteiger partial charge in [0.1, 0.15) is 0 Å². The van der Waals surface area contributed by atoms with Gasteiger partial charge in [0.25, 0.3) is 0 Å². The van der Waals surface area contributed by atoms with Crippen molar-refractivity contribution in [2.75, 3.05) is 6.61 Å². The summed E-state index contributed by atoms with van der Waals surface area (Å²) in [6, 6.07) is 7.72. The number of fused-ring (bicyclic) bond motifs is 1. The Kier molecular flexibility index (Phi) is 6.67. The standard InChI is InChI=1S/C14H20O5/c1-2-4-8-12-15-17-19-18-16-14-11-7-6-10-13(14)9-5-3-1/h6-7,10-11H,1-5,8-9,12H2. The predicted octanol–water partition coefficient (Wildman–Crippen LogP) is 3.69. The third-order valence-electron chi connectivity index (χ3n) is 3.12. The molecule has 0 N–H and O–H groups in total. The smallest absolute Gasteiger partial charge is 0.171 e. The zero-order valence-electron chi connectivity index (χ0n) is 11.0. The monoisotopic (exact) mass is 268 g/mol. The normalized spacial score (nSPS) is 19.6. The lowest BCUT2D eigenvalue weighted by Gasteiger charge is -2.07. The van der Waals surface area contributed by atoms with Gasteiger partial charge in [0, 0.05) is 10.1 Å². The Labute approximate surface area is 113 Å². The minimum absolute atomic E-state index is 0.486. The average molecular weight is 268 g/mol. The van der Waals surface area contributed by atoms with Crippen LogP contribution in [0.1, 0.15) is 44.1 Å². The zero-order valence-corrected chi connectivity index (χ0v) is 11.0. The van der Waals surface area contributed by atoms with E-state index in [1.54, 1.807) is 0 Å². The van der Waals surface area contributed by atoms with E-state index in [-0.39, 0.29) is 0 Å². The molecule has 1 aliphatic rings. The van der Waals surface area contributed by atoms with Gasteiger partial charge < -0.3 is 4.89 Å². The van der Waals surface area contributed by atoms with E-state index in [2.05, 4.69) is 15.1 Å². The van der Waals surface area contributed by atoms with Crippen molar-refractivity contribution in [1.29, 1.82) is 0 Å². The molecule has 1 aromatic rings. The Bertz CT molecular complexity index is 322. The summed E-state index contributed by atoms with van der Waals surface area (Å²) < 4.78 is 0. The van der Waals surface area contributed by atoms with Crippen molar-refractivity contribution < 1.29 is 24.9 Å². The van der Waals surface area contributed by atoms with Crippen LogP contribution >= 0.6 is 0 Å². The second-order valence-electron chi connectivity index (χ2n) is 4.59. The Morgan fingerprint density at radius 3 is 2.47 bits per heavy atom. The number of benzene rings is 1. The molecule has 1 aromatic carbocycles. The van der Waals surface area contributed by atoms with Crippen LogP contribution in [-0.4, -0.2) is 6.61 Å². The maximum absolute atomic E-state index is 5.04. The Morgan fingerprint density at radius 2 is 1.53 bits per heavy atom. The molecule has 5 heteroatoms. The van der Waals surface area contributed by atoms with Gasteiger partial charge in [-0.1, -0.05) is 43.9 Å². The van der Waals surface area contributed by atoms with Crippen molar-refractivity contribution in [3.05, 3.63) is 29.8 Å². The van der Waals surface area contributed by atoms with Gasteiger partial charge in [-0.05, 0) is 35.9 Å². The van der Waals surface area contributed by atoms with Crippen molar-refractivity contribution in [2.45, 2.75) is 44.9 Å². The number of hydrogen-bond acceptors (Lipinski definition) is 5. The molecule has 0 aromatic heterocycles. The van der Waals surface area contributed by atoms with Crippen LogP contribution in [0.5, 0.6) is 5.75 Å². The van der Waals surface area contributed by atoms with E-state index in [1.807, 2.05) is 24.3 Å². The van der Waals surface area contributed by atoms with Gasteiger partial charge in [-0.3, -0.25) is 0 Å². The van der Waals surface area contributed by atoms with Crippen LogP contribution in [0.3, 0.4) is 0 Å². The number of aryl methyl sites for hydroxylation is 1. The van der Waals surface area contributed by atoms with Gasteiger partial charge in [-0.15, -0.1) is 0 Å². The van der Waals surface area contributed by atoms with Crippen molar-refractivity contribution in [2.24, 2.45) is 0 Å². The van der Waals surface area contributed by atoms with E-state index in [9.17, 15) is 0 Å². The first-order valence-corrected chi connectivity index (χ1v) is 6.84. The molecule has 0 unspecified atom stereocenters. The quantitative estimate of drug-likeness (QED) is 0.671. The maximum Gasteiger partial charge on any atom is 0.171 e. The van der Waals surface area contributed by atoms with E-state index in [0.29, 0.717) is 12.4 Å². The van der Waals surface area contributed by atoms with Crippen molar-refractivity contribution in [3.8, 4) is 5.75 Å². The highest BCUT2D eigenvalue weighted by Gasteiger charge is 2.05. The van der Waals surface area contributed by atoms with Gasteiger partial charge in [-0.25, -0.2) is 4.89 Å². The van der Waals surface area contributed by atoms with E-state index in [4.69, 9.17) is 9.78 Å². The van der Waals surface area contributed by atoms with Crippen LogP contribution in [0, 0.1) is 0 Å². The molecule has 0 bridgehead atoms. The molecule has 5 nitrogen and oxygen atoms in total. The van der Waals surface area contributed by atoms with Gasteiger partial charge >= 0.3 is 0 Å². The second-order valence-corrected chi connectivity index (χ2v) is 4.59. The van der Waals surface area contributed by atoms with E-state index in [0.717, 1.165) is 31.2 Å². The fourth-order valence-electron chi connectivity index (χ4n) is 2.09. The Balaban J connectivity index is 1.87. The van der Waals surface area contributed by atoms with Gasteiger partial charge in [0.2, 0.25) is 0 Å². The maximum atomic E-state index is 5.04. The summed E-state index contributed by atoms with van der Waals surface area (Å²) in [5, 5.41) is 13.2. The van der Waals surface area contributed by atoms with Crippen LogP contribution in [0.2, 0.25) is 0 Å². The van der Waals surface area contributed by atoms with Crippen LogP contribution in [0.15, 0.2) is 24.3 Å². The van der Waals surface area contributed by atoms with Crippen LogP contribution in [0.25, 0.3) is 0 Å². The molecule has 1 heterocycles. The molecule has 0 saturated heterocycles. The molecule has 1 aliphatic heterocycles. The van der Waals surface area contributed by atoms with Crippen molar-refractivity contribution in [1.82, 2.24) is 0 Å². The molecule has 0 radical (unpaired) electrons. The van der Waals surface area contributed by atoms with Gasteiger partial charge in [0.05, 0.1) is 6.61 Å². The molecule has 0 saturated carbocycles. The summed E-state index contributed by atoms with van der Waals surface area (Å²) in [5.74, 6) is 0.640. The molecule has 0 atom stereocenters. The summed E-state index contributed by atoms with van der Waals surface area (Å²) in [6.07, 6.45) is 7.89. The molecular formula is C14H20O5. The third-order valence-corrected chi connectivity index (χ3v) is 3.12. The molecule has 0 spiro atoms. The highest BCUT2D eigenvalue weighted by atomic mass is 17.8. The summed E-state index contributed by atoms with van der Waals surface area (Å²) in [5.41, 5.74) is 1.10. The van der Waals surface area contributed by atoms with Crippen LogP contribution < -0.4 is 4.89 Å². The minimum atomic E-state index is 0.486. The van der Waals surface area contributed by atoms with Crippen LogP contribution in [-0.2, 0) is 26.4 Å². The lowest BCUT2D eigenvalue weighted by Crippen LogP contribution is -2.04. The van der Waals surface area contributed by atoms with Crippen molar-refractivity contribution in [3.63, 3.8) is 0 Å². The Hall–Kier alpha value is -1.14. The van der Waals surface area contributed by atoms with Crippen molar-refractivity contribution >= 4 is 0 Å². The highest BCUT2D eigenvalue weighted by Crippen LogP contribution is 2.21. The van der Waals surface area contributed by atoms with Gasteiger partial charge in [-0.2, -0.15) is 0 Å². The Morgan fingerprint density at radius 1 is 0.737 bits per heavy atom. The largest absolute Gasteiger partial charge is 0.306 e. The first-order valence-electron chi connectivity index (χ1n) is 6.84. The first-order chi connectivity index (χ1) is 9.47. The van der Waals surface area contributed by atoms with E-state index < -0.39 is 0 Å². The molecular weight excluding hydrogens is 248 g/mol. The van der Waals surface area contributed by atoms with Gasteiger partial charge in [0.15, 0.2) is 5.75 Å². The summed E-state index contributed by atoms with van der Waals surface area (Å²) in [6.45, 7) is 0.486. The van der Waals surface area contributed by atoms with E-state index >= 15 is 0 Å². The average Bonchev–Trinajstić information content (AvgIpc) is 2.45. The first kappa shape index (κ1) is 14.3. The topological polar surface area (TPSA) is 46.2 Å². The molecule has 19 heavy (non-hydrogen) atoms. The lowest BCUT2D eigenvalue weighted by atomic mass is 10.0. The van der Waals surface area contributed by atoms with E-state index in [1.165, 1.54) is 19.3 Å². The third kappa shape index (κ3) is 5.57. The predicted molar refractivity (Wildman–Crippen MR) is 67.7 cm³/mol. The minimum Gasteiger partial charge on any atom is -0.306 e. The highest BCUT2D eigenvalue weighted by molar-refractivity contribution is 5.32. The summed E-state index contributed by atoms with van der Waals surface area (Å²) in [7, 11) is 0. The summed E-state index contributed by atoms with van der Waals surface area (Å²) in [4.78, 5) is 9.81. The zero-order chi connectivity index (χ0) is 13.2. The molecule has 0 fully saturated rings. The van der Waals surface area contributed by atoms with Crippen LogP contribution in [0.4, 0.5) is 0 Å². The lowest BCUT2D eigenvalue weighted by molar-refractivity contribution is -0.691. The fraction of sp³-hybridized carbons (Fsp3) is 0.571. The number of hydrogen-bond donors (Lipinski definition) is 0. The molecule has 2 rings (SSSR count). The summed E-state index contributed by atoms with van der Waals surface area (Å²) >= 11 is 0. The molecule has 0 amide bonds.